The second kappa shape index (κ2) is 5.22. The van der Waals surface area contributed by atoms with Crippen LogP contribution in [0.4, 0.5) is 0 Å². The fraction of sp³-hybridized carbons (Fsp3) is 0. The summed E-state index contributed by atoms with van der Waals surface area (Å²) in [5, 5.41) is 5.58. The zero-order valence-corrected chi connectivity index (χ0v) is 12.5. The topological polar surface area (TPSA) is 54.3 Å². The van der Waals surface area contributed by atoms with E-state index in [1.807, 2.05) is 30.3 Å². The van der Waals surface area contributed by atoms with E-state index in [1.165, 1.54) is 0 Å². The maximum atomic E-state index is 11.5. The van der Waals surface area contributed by atoms with Gasteiger partial charge in [0.25, 0.3) is 5.91 Å². The first-order valence-corrected chi connectivity index (χ1v) is 7.02. The molecule has 20 heavy (non-hydrogen) atoms. The summed E-state index contributed by atoms with van der Waals surface area (Å²) in [4.78, 5) is 11.5. The van der Waals surface area contributed by atoms with Crippen LogP contribution in [-0.4, -0.2) is 11.0 Å². The Balaban J connectivity index is 1.89. The second-order valence-electron chi connectivity index (χ2n) is 4.18. The molecule has 1 aliphatic rings. The van der Waals surface area contributed by atoms with Crippen LogP contribution in [0.15, 0.2) is 51.0 Å². The van der Waals surface area contributed by atoms with Crippen molar-refractivity contribution >= 4 is 45.2 Å². The molecule has 0 saturated carbocycles. The van der Waals surface area contributed by atoms with Gasteiger partial charge >= 0.3 is 0 Å². The Morgan fingerprint density at radius 3 is 2.75 bits per heavy atom. The maximum Gasteiger partial charge on any atom is 0.274 e. The van der Waals surface area contributed by atoms with E-state index in [9.17, 15) is 4.79 Å². The Morgan fingerprint density at radius 2 is 2.05 bits per heavy atom. The lowest BCUT2D eigenvalue weighted by Gasteiger charge is -1.97. The van der Waals surface area contributed by atoms with E-state index < -0.39 is 0 Å². The molecule has 0 aliphatic carbocycles. The molecule has 0 atom stereocenters. The van der Waals surface area contributed by atoms with Crippen LogP contribution in [0.2, 0.25) is 0 Å². The molecule has 2 heterocycles. The van der Waals surface area contributed by atoms with Crippen LogP contribution in [0.5, 0.6) is 0 Å². The molecular formula is C14H9BrN2O2S. The molecular weight excluding hydrogens is 340 g/mol. The third-order valence-electron chi connectivity index (χ3n) is 2.74. The summed E-state index contributed by atoms with van der Waals surface area (Å²) in [5.74, 6) is 1.07. The van der Waals surface area contributed by atoms with Gasteiger partial charge in [-0.3, -0.25) is 10.1 Å². The highest BCUT2D eigenvalue weighted by Gasteiger charge is 2.20. The number of carbonyl (C=O) groups excluding carboxylic acids is 1. The van der Waals surface area contributed by atoms with E-state index in [0.29, 0.717) is 16.6 Å². The van der Waals surface area contributed by atoms with Gasteiger partial charge in [0.05, 0.1) is 0 Å². The number of carbonyl (C=O) groups is 1. The first-order chi connectivity index (χ1) is 9.61. The van der Waals surface area contributed by atoms with Crippen molar-refractivity contribution in [2.75, 3.05) is 0 Å². The Hall–Kier alpha value is -1.92. The Bertz CT molecular complexity index is 736. The molecule has 0 radical (unpaired) electrons. The van der Waals surface area contributed by atoms with Crippen molar-refractivity contribution < 1.29 is 9.21 Å². The summed E-state index contributed by atoms with van der Waals surface area (Å²) in [7, 11) is 0. The number of hydrogen-bond donors (Lipinski definition) is 2. The third kappa shape index (κ3) is 2.66. The van der Waals surface area contributed by atoms with Crippen LogP contribution in [0.25, 0.3) is 17.4 Å². The molecule has 2 N–H and O–H groups in total. The van der Waals surface area contributed by atoms with Gasteiger partial charge in [0.1, 0.15) is 17.2 Å². The first kappa shape index (κ1) is 13.1. The molecule has 1 fully saturated rings. The number of rotatable bonds is 2. The van der Waals surface area contributed by atoms with Gasteiger partial charge in [0.2, 0.25) is 0 Å². The molecule has 100 valence electrons. The van der Waals surface area contributed by atoms with Crippen molar-refractivity contribution in [2.45, 2.75) is 0 Å². The third-order valence-corrected chi connectivity index (χ3v) is 3.44. The SMILES string of the molecule is O=C1NC(=S)N/C1=C/c1ccc(-c2cccc(Br)c2)o1. The lowest BCUT2D eigenvalue weighted by molar-refractivity contribution is -0.115. The van der Waals surface area contributed by atoms with Gasteiger partial charge < -0.3 is 9.73 Å². The second-order valence-corrected chi connectivity index (χ2v) is 5.50. The number of nitrogens with one attached hydrogen (secondary N) is 2. The molecule has 3 rings (SSSR count). The number of halogens is 1. The minimum Gasteiger partial charge on any atom is -0.457 e. The molecule has 0 bridgehead atoms. The molecule has 6 heteroatoms. The number of furan rings is 1. The summed E-state index contributed by atoms with van der Waals surface area (Å²) in [6, 6.07) is 11.5. The minimum atomic E-state index is -0.254. The number of hydrogen-bond acceptors (Lipinski definition) is 3. The van der Waals surface area contributed by atoms with E-state index >= 15 is 0 Å². The number of amides is 1. The lowest BCUT2D eigenvalue weighted by atomic mass is 10.2. The zero-order valence-electron chi connectivity index (χ0n) is 10.1. The molecule has 0 spiro atoms. The average Bonchev–Trinajstić information content (AvgIpc) is 2.97. The monoisotopic (exact) mass is 348 g/mol. The van der Waals surface area contributed by atoms with E-state index in [-0.39, 0.29) is 5.91 Å². The summed E-state index contributed by atoms with van der Waals surface area (Å²) >= 11 is 8.29. The summed E-state index contributed by atoms with van der Waals surface area (Å²) in [6.45, 7) is 0. The van der Waals surface area contributed by atoms with Crippen molar-refractivity contribution in [1.82, 2.24) is 10.6 Å². The van der Waals surface area contributed by atoms with Gasteiger partial charge in [-0.25, -0.2) is 0 Å². The van der Waals surface area contributed by atoms with Crippen LogP contribution in [0.3, 0.4) is 0 Å². The van der Waals surface area contributed by atoms with Gasteiger partial charge in [0, 0.05) is 16.1 Å². The van der Waals surface area contributed by atoms with Crippen molar-refractivity contribution in [3.05, 3.63) is 52.3 Å². The largest absolute Gasteiger partial charge is 0.457 e. The smallest absolute Gasteiger partial charge is 0.274 e. The van der Waals surface area contributed by atoms with Crippen molar-refractivity contribution in [2.24, 2.45) is 0 Å². The molecule has 2 aromatic rings. The molecule has 1 saturated heterocycles. The van der Waals surface area contributed by atoms with Crippen LogP contribution in [-0.2, 0) is 4.79 Å². The molecule has 1 amide bonds. The van der Waals surface area contributed by atoms with E-state index in [4.69, 9.17) is 16.6 Å². The summed E-state index contributed by atoms with van der Waals surface area (Å²) in [6.07, 6.45) is 1.62. The van der Waals surface area contributed by atoms with Crippen LogP contribution in [0.1, 0.15) is 5.76 Å². The lowest BCUT2D eigenvalue weighted by Crippen LogP contribution is -2.21. The fourth-order valence-corrected chi connectivity index (χ4v) is 2.45. The fourth-order valence-electron chi connectivity index (χ4n) is 1.85. The van der Waals surface area contributed by atoms with Crippen LogP contribution in [0, 0.1) is 0 Å². The van der Waals surface area contributed by atoms with Crippen LogP contribution >= 0.6 is 28.1 Å². The molecule has 0 unspecified atom stereocenters. The van der Waals surface area contributed by atoms with E-state index in [2.05, 4.69) is 26.6 Å². The van der Waals surface area contributed by atoms with Crippen molar-refractivity contribution in [3.63, 3.8) is 0 Å². The Labute approximate surface area is 129 Å². The highest BCUT2D eigenvalue weighted by molar-refractivity contribution is 9.10. The van der Waals surface area contributed by atoms with Gasteiger partial charge in [0.15, 0.2) is 5.11 Å². The minimum absolute atomic E-state index is 0.254. The standard InChI is InChI=1S/C14H9BrN2O2S/c15-9-3-1-2-8(6-9)12-5-4-10(19-12)7-11-13(18)17-14(20)16-11/h1-7H,(H2,16,17,18,20)/b11-7+. The highest BCUT2D eigenvalue weighted by atomic mass is 79.9. The Morgan fingerprint density at radius 1 is 1.20 bits per heavy atom. The summed E-state index contributed by atoms with van der Waals surface area (Å²) < 4.78 is 6.69. The highest BCUT2D eigenvalue weighted by Crippen LogP contribution is 2.25. The molecule has 1 aromatic carbocycles. The normalized spacial score (nSPS) is 16.4. The predicted molar refractivity (Wildman–Crippen MR) is 83.7 cm³/mol. The zero-order chi connectivity index (χ0) is 14.1. The number of benzene rings is 1. The van der Waals surface area contributed by atoms with E-state index in [1.54, 1.807) is 12.1 Å². The van der Waals surface area contributed by atoms with Gasteiger partial charge in [-0.15, -0.1) is 0 Å². The average molecular weight is 349 g/mol. The van der Waals surface area contributed by atoms with E-state index in [0.717, 1.165) is 15.8 Å². The first-order valence-electron chi connectivity index (χ1n) is 5.81. The van der Waals surface area contributed by atoms with Crippen molar-refractivity contribution in [1.29, 1.82) is 0 Å². The van der Waals surface area contributed by atoms with Crippen molar-refractivity contribution in [3.8, 4) is 11.3 Å². The van der Waals surface area contributed by atoms with Gasteiger partial charge in [-0.05, 0) is 36.5 Å². The Kier molecular flexibility index (Phi) is 3.42. The molecule has 1 aliphatic heterocycles. The molecule has 4 nitrogen and oxygen atoms in total. The summed E-state index contributed by atoms with van der Waals surface area (Å²) in [5.41, 5.74) is 1.34. The predicted octanol–water partition coefficient (Wildman–Crippen LogP) is 3.05. The maximum absolute atomic E-state index is 11.5. The molecule has 1 aromatic heterocycles. The van der Waals surface area contributed by atoms with Gasteiger partial charge in [-0.1, -0.05) is 28.1 Å². The van der Waals surface area contributed by atoms with Gasteiger partial charge in [-0.2, -0.15) is 0 Å². The quantitative estimate of drug-likeness (QED) is 0.646. The number of thiocarbonyl (C=S) groups is 1. The van der Waals surface area contributed by atoms with Crippen LogP contribution < -0.4 is 10.6 Å².